The number of alkyl halides is 3. The molecule has 0 atom stereocenters. The van der Waals surface area contributed by atoms with Crippen molar-refractivity contribution in [3.63, 3.8) is 0 Å². The third kappa shape index (κ3) is 7.48. The molecule has 1 aliphatic heterocycles. The third-order valence-corrected chi connectivity index (χ3v) is 7.60. The number of aliphatic hydroxyl groups is 1. The molecule has 1 amide bonds. The van der Waals surface area contributed by atoms with Gasteiger partial charge in [0.25, 0.3) is 5.91 Å². The van der Waals surface area contributed by atoms with E-state index in [1.165, 1.54) is 12.1 Å². The number of amides is 1. The van der Waals surface area contributed by atoms with Gasteiger partial charge < -0.3 is 30.8 Å². The Balaban J connectivity index is 1.50. The number of aromatic nitrogens is 1. The summed E-state index contributed by atoms with van der Waals surface area (Å²) in [4.78, 5) is 18.7. The molecular weight excluding hydrogens is 511 g/mol. The van der Waals surface area contributed by atoms with Gasteiger partial charge in [-0.2, -0.15) is 13.2 Å². The van der Waals surface area contributed by atoms with Crippen molar-refractivity contribution in [1.29, 1.82) is 5.41 Å². The Morgan fingerprint density at radius 1 is 1.23 bits per heavy atom. The van der Waals surface area contributed by atoms with Crippen molar-refractivity contribution in [2.24, 2.45) is 11.8 Å². The van der Waals surface area contributed by atoms with Gasteiger partial charge >= 0.3 is 6.18 Å². The number of carbonyl (C=O) groups excluding carboxylic acids is 1. The van der Waals surface area contributed by atoms with Crippen LogP contribution < -0.4 is 10.6 Å². The summed E-state index contributed by atoms with van der Waals surface area (Å²) in [5.41, 5.74) is -1.37. The first kappa shape index (κ1) is 28.8. The van der Waals surface area contributed by atoms with Gasteiger partial charge in [-0.3, -0.25) is 4.79 Å². The van der Waals surface area contributed by atoms with Crippen LogP contribution in [0, 0.1) is 17.2 Å². The number of pyridine rings is 1. The molecule has 1 aromatic heterocycles. The van der Waals surface area contributed by atoms with Crippen LogP contribution in [0.1, 0.15) is 55.7 Å². The number of nitrogens with zero attached hydrogens (tertiary/aromatic N) is 2. The summed E-state index contributed by atoms with van der Waals surface area (Å²) < 4.78 is 45.5. The summed E-state index contributed by atoms with van der Waals surface area (Å²) in [5.74, 6) is -0.0284. The van der Waals surface area contributed by atoms with Gasteiger partial charge in [0.2, 0.25) is 0 Å². The van der Waals surface area contributed by atoms with Crippen LogP contribution in [-0.4, -0.2) is 65.0 Å². The number of halogens is 3. The van der Waals surface area contributed by atoms with Crippen LogP contribution in [0.15, 0.2) is 53.6 Å². The molecule has 0 unspecified atom stereocenters. The van der Waals surface area contributed by atoms with Gasteiger partial charge in [0, 0.05) is 23.9 Å². The van der Waals surface area contributed by atoms with Crippen LogP contribution in [0.5, 0.6) is 0 Å². The van der Waals surface area contributed by atoms with Crippen molar-refractivity contribution in [3.05, 3.63) is 65.0 Å². The van der Waals surface area contributed by atoms with Crippen molar-refractivity contribution >= 4 is 11.6 Å². The topological polar surface area (TPSA) is 111 Å². The van der Waals surface area contributed by atoms with E-state index in [0.29, 0.717) is 18.1 Å². The first-order valence-corrected chi connectivity index (χ1v) is 13.2. The molecule has 4 N–H and O–H groups in total. The molecular formula is C28H36F3N5O3. The highest BCUT2D eigenvalue weighted by Gasteiger charge is 2.38. The maximum absolute atomic E-state index is 13.1. The lowest BCUT2D eigenvalue weighted by molar-refractivity contribution is -0.141. The van der Waals surface area contributed by atoms with Gasteiger partial charge in [0.15, 0.2) is 0 Å². The van der Waals surface area contributed by atoms with Crippen LogP contribution >= 0.6 is 0 Å². The molecule has 0 spiro atoms. The molecule has 0 radical (unpaired) electrons. The Labute approximate surface area is 226 Å². The van der Waals surface area contributed by atoms with E-state index in [-0.39, 0.29) is 34.8 Å². The van der Waals surface area contributed by atoms with Crippen molar-refractivity contribution in [2.75, 3.05) is 26.7 Å². The number of rotatable bonds is 8. The fourth-order valence-electron chi connectivity index (χ4n) is 4.81. The lowest BCUT2D eigenvalue weighted by Crippen LogP contribution is -2.48. The summed E-state index contributed by atoms with van der Waals surface area (Å²) in [6.07, 6.45) is 3.60. The number of hydrogen-bond acceptors (Lipinski definition) is 7. The number of ether oxygens (including phenoxy) is 1. The number of carbonyl (C=O) groups is 1. The predicted molar refractivity (Wildman–Crippen MR) is 141 cm³/mol. The second kappa shape index (κ2) is 11.5. The zero-order chi connectivity index (χ0) is 28.4. The summed E-state index contributed by atoms with van der Waals surface area (Å²) >= 11 is 0. The highest BCUT2D eigenvalue weighted by molar-refractivity contribution is 6.10. The number of likely N-dealkylation sites (tertiary alicyclic amines) is 1. The Bertz CT molecular complexity index is 1170. The van der Waals surface area contributed by atoms with Crippen LogP contribution in [0.4, 0.5) is 13.2 Å². The third-order valence-electron chi connectivity index (χ3n) is 7.60. The van der Waals surface area contributed by atoms with Gasteiger partial charge in [0.1, 0.15) is 17.1 Å². The second-order valence-electron chi connectivity index (χ2n) is 11.2. The lowest BCUT2D eigenvalue weighted by Gasteiger charge is -2.42. The molecule has 2 heterocycles. The SMILES string of the molecule is CN1CCC(COC2=CC(=N)/C(=C\NC3CC(C(C)(C)O)C3)C=C2NC(=O)c2cccc(C(F)(F)F)n2)CC1. The molecule has 2 fully saturated rings. The van der Waals surface area contributed by atoms with Crippen LogP contribution in [0.2, 0.25) is 0 Å². The molecule has 0 aromatic carbocycles. The van der Waals surface area contributed by atoms with Gasteiger partial charge in [-0.15, -0.1) is 0 Å². The summed E-state index contributed by atoms with van der Waals surface area (Å²) in [6.45, 7) is 5.89. The van der Waals surface area contributed by atoms with Crippen molar-refractivity contribution in [1.82, 2.24) is 20.5 Å². The quantitative estimate of drug-likeness (QED) is 0.392. The van der Waals surface area contributed by atoms with Crippen LogP contribution in [0.3, 0.4) is 0 Å². The largest absolute Gasteiger partial charge is 0.491 e. The predicted octanol–water partition coefficient (Wildman–Crippen LogP) is 4.01. The summed E-state index contributed by atoms with van der Waals surface area (Å²) in [6, 6.07) is 3.31. The van der Waals surface area contributed by atoms with Gasteiger partial charge in [-0.05, 0) is 89.7 Å². The van der Waals surface area contributed by atoms with Crippen molar-refractivity contribution in [2.45, 2.75) is 57.3 Å². The minimum atomic E-state index is -4.68. The fourth-order valence-corrected chi connectivity index (χ4v) is 4.81. The Morgan fingerprint density at radius 2 is 1.92 bits per heavy atom. The Hall–Kier alpha value is -3.18. The lowest BCUT2D eigenvalue weighted by atomic mass is 9.71. The zero-order valence-corrected chi connectivity index (χ0v) is 22.4. The van der Waals surface area contributed by atoms with E-state index in [2.05, 4.69) is 27.6 Å². The average Bonchev–Trinajstić information content (AvgIpc) is 2.83. The van der Waals surface area contributed by atoms with Crippen molar-refractivity contribution in [3.8, 4) is 0 Å². The molecule has 39 heavy (non-hydrogen) atoms. The van der Waals surface area contributed by atoms with E-state index >= 15 is 0 Å². The van der Waals surface area contributed by atoms with E-state index in [4.69, 9.17) is 10.1 Å². The highest BCUT2D eigenvalue weighted by atomic mass is 19.4. The molecule has 4 rings (SSSR count). The summed E-state index contributed by atoms with van der Waals surface area (Å²) in [5, 5.41) is 24.6. The standard InChI is InChI=1S/C28H36F3N5O3/c1-27(2,38)19-12-20(13-19)33-15-18-11-23(35-26(37)22-5-4-6-25(34-22)28(29,30)31)24(14-21(18)32)39-16-17-7-9-36(3)10-8-17/h4-6,11,14-15,17,19-20,32-33,38H,7-10,12-13,16H2,1-3H3,(H,35,37)/b18-15-,32-21?. The molecule has 8 nitrogen and oxygen atoms in total. The molecule has 3 aliphatic rings. The van der Waals surface area contributed by atoms with Gasteiger partial charge in [0.05, 0.1) is 23.6 Å². The first-order valence-electron chi connectivity index (χ1n) is 13.2. The van der Waals surface area contributed by atoms with Gasteiger partial charge in [-0.1, -0.05) is 6.07 Å². The first-order chi connectivity index (χ1) is 18.3. The summed E-state index contributed by atoms with van der Waals surface area (Å²) in [7, 11) is 2.07. The van der Waals surface area contributed by atoms with E-state index in [1.54, 1.807) is 26.1 Å². The van der Waals surface area contributed by atoms with Crippen LogP contribution in [-0.2, 0) is 10.9 Å². The fraction of sp³-hybridized carbons (Fsp3) is 0.536. The normalized spacial score (nSPS) is 24.1. The van der Waals surface area contributed by atoms with Gasteiger partial charge in [-0.25, -0.2) is 4.98 Å². The monoisotopic (exact) mass is 547 g/mol. The molecule has 2 aliphatic carbocycles. The van der Waals surface area contributed by atoms with E-state index in [1.807, 2.05) is 0 Å². The molecule has 0 bridgehead atoms. The minimum Gasteiger partial charge on any atom is -0.491 e. The molecule has 11 heteroatoms. The molecule has 1 saturated carbocycles. The highest BCUT2D eigenvalue weighted by Crippen LogP contribution is 2.36. The average molecular weight is 548 g/mol. The number of hydrogen-bond donors (Lipinski definition) is 4. The van der Waals surface area contributed by atoms with E-state index in [0.717, 1.165) is 50.9 Å². The second-order valence-corrected chi connectivity index (χ2v) is 11.2. The van der Waals surface area contributed by atoms with E-state index in [9.17, 15) is 23.1 Å². The zero-order valence-electron chi connectivity index (χ0n) is 22.4. The smallest absolute Gasteiger partial charge is 0.433 e. The van der Waals surface area contributed by atoms with Crippen molar-refractivity contribution < 1.29 is 27.8 Å². The minimum absolute atomic E-state index is 0.147. The number of nitrogens with one attached hydrogen (secondary N) is 3. The maximum atomic E-state index is 13.1. The molecule has 212 valence electrons. The van der Waals surface area contributed by atoms with E-state index < -0.39 is 23.4 Å². The number of piperidine rings is 1. The maximum Gasteiger partial charge on any atom is 0.433 e. The Kier molecular flexibility index (Phi) is 8.51. The number of allylic oxidation sites excluding steroid dienone is 3. The molecule has 1 saturated heterocycles. The Morgan fingerprint density at radius 3 is 2.56 bits per heavy atom. The van der Waals surface area contributed by atoms with Crippen LogP contribution in [0.25, 0.3) is 0 Å². The molecule has 1 aromatic rings.